The Kier molecular flexibility index (Phi) is 4.61. The molecule has 6 heteroatoms. The first-order valence-corrected chi connectivity index (χ1v) is 8.74. The van der Waals surface area contributed by atoms with Crippen molar-refractivity contribution in [2.75, 3.05) is 5.32 Å². The lowest BCUT2D eigenvalue weighted by Crippen LogP contribution is -2.37. The summed E-state index contributed by atoms with van der Waals surface area (Å²) >= 11 is 0. The van der Waals surface area contributed by atoms with Crippen LogP contribution >= 0.6 is 0 Å². The number of nitrogens with one attached hydrogen (secondary N) is 1. The van der Waals surface area contributed by atoms with Crippen LogP contribution in [0, 0.1) is 11.6 Å². The van der Waals surface area contributed by atoms with Gasteiger partial charge in [0, 0.05) is 18.2 Å². The fourth-order valence-electron chi connectivity index (χ4n) is 3.39. The van der Waals surface area contributed by atoms with Gasteiger partial charge in [0.05, 0.1) is 5.69 Å². The summed E-state index contributed by atoms with van der Waals surface area (Å²) in [6.07, 6.45) is 0. The molecule has 140 valence electrons. The van der Waals surface area contributed by atoms with Gasteiger partial charge in [-0.2, -0.15) is 0 Å². The molecule has 0 saturated carbocycles. The molecule has 1 N–H and O–H groups in total. The second kappa shape index (κ2) is 7.23. The Hall–Kier alpha value is -3.54. The van der Waals surface area contributed by atoms with Crippen LogP contribution in [0.5, 0.6) is 0 Å². The highest BCUT2D eigenvalue weighted by Crippen LogP contribution is 2.32. The van der Waals surface area contributed by atoms with E-state index in [2.05, 4.69) is 5.32 Å². The maximum Gasteiger partial charge on any atom is 0.255 e. The first kappa shape index (κ1) is 17.9. The van der Waals surface area contributed by atoms with Crippen LogP contribution < -0.4 is 5.32 Å². The van der Waals surface area contributed by atoms with E-state index in [1.165, 1.54) is 4.90 Å². The monoisotopic (exact) mass is 378 g/mol. The van der Waals surface area contributed by atoms with E-state index in [9.17, 15) is 18.4 Å². The predicted octanol–water partition coefficient (Wildman–Crippen LogP) is 4.30. The van der Waals surface area contributed by atoms with Gasteiger partial charge in [0.25, 0.3) is 11.8 Å². The SMILES string of the molecule is O=C(Nc1ccc(F)cc1F)[C@H](c1ccccc1)N1Cc2ccccc2C1=O. The number of nitrogens with zero attached hydrogens (tertiary/aromatic N) is 1. The molecule has 4 rings (SSSR count). The van der Waals surface area contributed by atoms with E-state index < -0.39 is 23.6 Å². The van der Waals surface area contributed by atoms with E-state index in [-0.39, 0.29) is 18.1 Å². The van der Waals surface area contributed by atoms with Gasteiger partial charge < -0.3 is 10.2 Å². The van der Waals surface area contributed by atoms with Gasteiger partial charge in [-0.25, -0.2) is 8.78 Å². The number of hydrogen-bond acceptors (Lipinski definition) is 2. The van der Waals surface area contributed by atoms with Crippen molar-refractivity contribution >= 4 is 17.5 Å². The first-order valence-electron chi connectivity index (χ1n) is 8.74. The quantitative estimate of drug-likeness (QED) is 0.736. The molecule has 1 heterocycles. The van der Waals surface area contributed by atoms with Gasteiger partial charge >= 0.3 is 0 Å². The number of rotatable bonds is 4. The molecule has 0 fully saturated rings. The Morgan fingerprint density at radius 1 is 0.964 bits per heavy atom. The van der Waals surface area contributed by atoms with E-state index in [0.29, 0.717) is 17.2 Å². The van der Waals surface area contributed by atoms with Crippen molar-refractivity contribution in [2.45, 2.75) is 12.6 Å². The molecular weight excluding hydrogens is 362 g/mol. The van der Waals surface area contributed by atoms with E-state index in [0.717, 1.165) is 17.7 Å². The highest BCUT2D eigenvalue weighted by atomic mass is 19.1. The van der Waals surface area contributed by atoms with Gasteiger partial charge in [0.15, 0.2) is 0 Å². The number of carbonyl (C=O) groups is 2. The molecule has 1 aliphatic heterocycles. The van der Waals surface area contributed by atoms with Crippen LogP contribution in [0.15, 0.2) is 72.8 Å². The fourth-order valence-corrected chi connectivity index (χ4v) is 3.39. The van der Waals surface area contributed by atoms with Gasteiger partial charge in [-0.15, -0.1) is 0 Å². The molecule has 28 heavy (non-hydrogen) atoms. The average molecular weight is 378 g/mol. The Balaban J connectivity index is 1.69. The van der Waals surface area contributed by atoms with Crippen LogP contribution in [0.1, 0.15) is 27.5 Å². The molecule has 0 spiro atoms. The van der Waals surface area contributed by atoms with Crippen molar-refractivity contribution in [3.8, 4) is 0 Å². The Morgan fingerprint density at radius 2 is 1.68 bits per heavy atom. The molecule has 0 unspecified atom stereocenters. The third-order valence-corrected chi connectivity index (χ3v) is 4.71. The number of benzene rings is 3. The zero-order valence-corrected chi connectivity index (χ0v) is 14.7. The lowest BCUT2D eigenvalue weighted by molar-refractivity contribution is -0.120. The molecule has 2 amide bonds. The van der Waals surface area contributed by atoms with Crippen LogP contribution in [0.4, 0.5) is 14.5 Å². The first-order chi connectivity index (χ1) is 13.5. The number of anilines is 1. The summed E-state index contributed by atoms with van der Waals surface area (Å²) in [6, 6.07) is 17.9. The molecule has 0 radical (unpaired) electrons. The Labute approximate surface area is 160 Å². The molecule has 1 aliphatic rings. The zero-order chi connectivity index (χ0) is 19.7. The lowest BCUT2D eigenvalue weighted by Gasteiger charge is -2.27. The predicted molar refractivity (Wildman–Crippen MR) is 100 cm³/mol. The van der Waals surface area contributed by atoms with E-state index in [4.69, 9.17) is 0 Å². The second-order valence-corrected chi connectivity index (χ2v) is 6.52. The van der Waals surface area contributed by atoms with Crippen LogP contribution in [0.3, 0.4) is 0 Å². The maximum atomic E-state index is 14.0. The van der Waals surface area contributed by atoms with Gasteiger partial charge in [0.2, 0.25) is 0 Å². The number of carbonyl (C=O) groups excluding carboxylic acids is 2. The van der Waals surface area contributed by atoms with Crippen molar-refractivity contribution in [2.24, 2.45) is 0 Å². The Morgan fingerprint density at radius 3 is 2.39 bits per heavy atom. The smallest absolute Gasteiger partial charge is 0.255 e. The van der Waals surface area contributed by atoms with Crippen molar-refractivity contribution in [3.63, 3.8) is 0 Å². The van der Waals surface area contributed by atoms with E-state index >= 15 is 0 Å². The number of hydrogen-bond donors (Lipinski definition) is 1. The highest BCUT2D eigenvalue weighted by molar-refractivity contribution is 6.04. The summed E-state index contributed by atoms with van der Waals surface area (Å²) in [6.45, 7) is 0.272. The minimum atomic E-state index is -0.953. The van der Waals surface area contributed by atoms with Crippen molar-refractivity contribution in [1.29, 1.82) is 0 Å². The maximum absolute atomic E-state index is 14.0. The lowest BCUT2D eigenvalue weighted by atomic mass is 10.0. The summed E-state index contributed by atoms with van der Waals surface area (Å²) < 4.78 is 27.2. The minimum absolute atomic E-state index is 0.142. The molecule has 3 aromatic carbocycles. The Bertz CT molecular complexity index is 1050. The second-order valence-electron chi connectivity index (χ2n) is 6.52. The number of amides is 2. The zero-order valence-electron chi connectivity index (χ0n) is 14.7. The largest absolute Gasteiger partial charge is 0.321 e. The third-order valence-electron chi connectivity index (χ3n) is 4.71. The summed E-state index contributed by atoms with van der Waals surface area (Å²) in [5, 5.41) is 2.49. The van der Waals surface area contributed by atoms with Crippen molar-refractivity contribution in [3.05, 3.63) is 101 Å². The number of fused-ring (bicyclic) bond motifs is 1. The molecule has 3 aromatic rings. The summed E-state index contributed by atoms with van der Waals surface area (Å²) in [5.74, 6) is -2.45. The third kappa shape index (κ3) is 3.24. The van der Waals surface area contributed by atoms with Gasteiger partial charge in [0.1, 0.15) is 17.7 Å². The molecule has 0 aliphatic carbocycles. The summed E-state index contributed by atoms with van der Waals surface area (Å²) in [4.78, 5) is 27.4. The molecule has 4 nitrogen and oxygen atoms in total. The molecule has 1 atom stereocenters. The van der Waals surface area contributed by atoms with Gasteiger partial charge in [-0.1, -0.05) is 48.5 Å². The van der Waals surface area contributed by atoms with Crippen LogP contribution in [-0.4, -0.2) is 16.7 Å². The highest BCUT2D eigenvalue weighted by Gasteiger charge is 2.37. The standard InChI is InChI=1S/C22H16F2N2O2/c23-16-10-11-19(18(24)12-16)25-21(27)20(14-6-2-1-3-7-14)26-13-15-8-4-5-9-17(15)22(26)28/h1-12,20H,13H2,(H,25,27)/t20-/m0/s1. The summed E-state index contributed by atoms with van der Waals surface area (Å²) in [7, 11) is 0. The normalized spacial score (nSPS) is 13.9. The van der Waals surface area contributed by atoms with Crippen LogP contribution in [-0.2, 0) is 11.3 Å². The molecule has 0 saturated heterocycles. The van der Waals surface area contributed by atoms with E-state index in [1.54, 1.807) is 42.5 Å². The molecule has 0 bridgehead atoms. The average Bonchev–Trinajstić information content (AvgIpc) is 3.02. The van der Waals surface area contributed by atoms with E-state index in [1.807, 2.05) is 12.1 Å². The topological polar surface area (TPSA) is 49.4 Å². The van der Waals surface area contributed by atoms with Gasteiger partial charge in [-0.3, -0.25) is 9.59 Å². The van der Waals surface area contributed by atoms with Crippen molar-refractivity contribution < 1.29 is 18.4 Å². The molecule has 0 aromatic heterocycles. The molecular formula is C22H16F2N2O2. The fraction of sp³-hybridized carbons (Fsp3) is 0.0909. The summed E-state index contributed by atoms with van der Waals surface area (Å²) in [5.41, 5.74) is 1.83. The minimum Gasteiger partial charge on any atom is -0.321 e. The van der Waals surface area contributed by atoms with Crippen molar-refractivity contribution in [1.82, 2.24) is 4.90 Å². The number of halogens is 2. The van der Waals surface area contributed by atoms with Crippen LogP contribution in [0.25, 0.3) is 0 Å². The van der Waals surface area contributed by atoms with Crippen LogP contribution in [0.2, 0.25) is 0 Å². The van der Waals surface area contributed by atoms with Gasteiger partial charge in [-0.05, 0) is 29.3 Å².